The highest BCUT2D eigenvalue weighted by Gasteiger charge is 2.34. The molecule has 0 radical (unpaired) electrons. The normalized spacial score (nSPS) is 16.3. The number of hydrogen-bond donors (Lipinski definition) is 2. The van der Waals surface area contributed by atoms with Gasteiger partial charge in [0, 0.05) is 24.3 Å². The van der Waals surface area contributed by atoms with Gasteiger partial charge in [-0.25, -0.2) is 8.42 Å². The van der Waals surface area contributed by atoms with Crippen molar-refractivity contribution in [3.05, 3.63) is 59.2 Å². The lowest BCUT2D eigenvalue weighted by Crippen LogP contribution is -2.46. The highest BCUT2D eigenvalue weighted by Crippen LogP contribution is 2.24. The van der Waals surface area contributed by atoms with Crippen LogP contribution in [0.5, 0.6) is 0 Å². The number of carbonyl (C=O) groups is 2. The van der Waals surface area contributed by atoms with Crippen LogP contribution in [0.25, 0.3) is 0 Å². The Morgan fingerprint density at radius 3 is 2.56 bits per heavy atom. The molecule has 1 fully saturated rings. The van der Waals surface area contributed by atoms with Crippen LogP contribution < -0.4 is 10.0 Å². The fourth-order valence-corrected chi connectivity index (χ4v) is 5.17. The average molecular weight is 458 g/mol. The molecule has 0 saturated carbocycles. The van der Waals surface area contributed by atoms with Crippen molar-refractivity contribution in [3.63, 3.8) is 0 Å². The summed E-state index contributed by atoms with van der Waals surface area (Å²) in [6.45, 7) is 8.75. The van der Waals surface area contributed by atoms with Gasteiger partial charge in [0.2, 0.25) is 5.91 Å². The van der Waals surface area contributed by atoms with Gasteiger partial charge in [0.05, 0.1) is 4.90 Å². The van der Waals surface area contributed by atoms with Crippen molar-refractivity contribution in [3.8, 4) is 0 Å². The summed E-state index contributed by atoms with van der Waals surface area (Å²) in [4.78, 5) is 27.5. The van der Waals surface area contributed by atoms with Crippen LogP contribution in [0, 0.1) is 19.8 Å². The summed E-state index contributed by atoms with van der Waals surface area (Å²) in [5.74, 6) is -0.0950. The van der Waals surface area contributed by atoms with Crippen LogP contribution in [0.4, 0.5) is 5.69 Å². The smallest absolute Gasteiger partial charge is 0.262 e. The number of aryl methyl sites for hydroxylation is 2. The van der Waals surface area contributed by atoms with Crippen LogP contribution in [0.1, 0.15) is 48.2 Å². The Morgan fingerprint density at radius 1 is 1.12 bits per heavy atom. The predicted molar refractivity (Wildman–Crippen MR) is 125 cm³/mol. The first-order valence-electron chi connectivity index (χ1n) is 10.9. The van der Waals surface area contributed by atoms with Crippen molar-refractivity contribution in [2.45, 2.75) is 51.5 Å². The number of sulfonamides is 1. The molecule has 2 aromatic carbocycles. The molecular formula is C24H31N3O4S. The van der Waals surface area contributed by atoms with Gasteiger partial charge >= 0.3 is 0 Å². The highest BCUT2D eigenvalue weighted by molar-refractivity contribution is 7.92. The molecule has 1 aliphatic heterocycles. The third kappa shape index (κ3) is 5.48. The fourth-order valence-electron chi connectivity index (χ4n) is 3.90. The van der Waals surface area contributed by atoms with Gasteiger partial charge < -0.3 is 10.2 Å². The van der Waals surface area contributed by atoms with E-state index in [0.717, 1.165) is 12.0 Å². The van der Waals surface area contributed by atoms with Crippen LogP contribution in [0.3, 0.4) is 0 Å². The SMILES string of the molecule is Cc1ccc(S(=O)(=O)Nc2cccc(C(=O)N3CCCC3C(=O)NCC(C)C)c2)c(C)c1. The second-order valence-corrected chi connectivity index (χ2v) is 10.4. The van der Waals surface area contributed by atoms with Gasteiger partial charge in [-0.1, -0.05) is 37.6 Å². The van der Waals surface area contributed by atoms with Gasteiger partial charge in [-0.05, 0) is 62.4 Å². The molecule has 1 unspecified atom stereocenters. The van der Waals surface area contributed by atoms with Crippen LogP contribution >= 0.6 is 0 Å². The largest absolute Gasteiger partial charge is 0.354 e. The number of nitrogens with one attached hydrogen (secondary N) is 2. The minimum Gasteiger partial charge on any atom is -0.354 e. The van der Waals surface area contributed by atoms with E-state index < -0.39 is 16.1 Å². The van der Waals surface area contributed by atoms with Crippen LogP contribution in [-0.4, -0.2) is 44.3 Å². The summed E-state index contributed by atoms with van der Waals surface area (Å²) in [6, 6.07) is 11.0. The van der Waals surface area contributed by atoms with Gasteiger partial charge in [-0.2, -0.15) is 0 Å². The van der Waals surface area contributed by atoms with E-state index in [9.17, 15) is 18.0 Å². The molecule has 2 aromatic rings. The van der Waals surface area contributed by atoms with E-state index in [1.165, 1.54) is 6.07 Å². The molecule has 1 saturated heterocycles. The topological polar surface area (TPSA) is 95.6 Å². The number of benzene rings is 2. The van der Waals surface area contributed by atoms with Crippen molar-refractivity contribution in [1.82, 2.24) is 10.2 Å². The van der Waals surface area contributed by atoms with Gasteiger partial charge in [0.25, 0.3) is 15.9 Å². The van der Waals surface area contributed by atoms with E-state index in [0.29, 0.717) is 42.2 Å². The van der Waals surface area contributed by atoms with Gasteiger partial charge in [0.15, 0.2) is 0 Å². The Hall–Kier alpha value is -2.87. The summed E-state index contributed by atoms with van der Waals surface area (Å²) < 4.78 is 28.3. The average Bonchev–Trinajstić information content (AvgIpc) is 3.21. The molecule has 8 heteroatoms. The fraction of sp³-hybridized carbons (Fsp3) is 0.417. The quantitative estimate of drug-likeness (QED) is 0.665. The van der Waals surface area contributed by atoms with E-state index in [1.54, 1.807) is 42.2 Å². The van der Waals surface area contributed by atoms with Crippen LogP contribution in [-0.2, 0) is 14.8 Å². The first-order chi connectivity index (χ1) is 15.1. The lowest BCUT2D eigenvalue weighted by atomic mass is 10.1. The molecule has 2 amide bonds. The van der Waals surface area contributed by atoms with Crippen molar-refractivity contribution in [2.75, 3.05) is 17.8 Å². The van der Waals surface area contributed by atoms with E-state index in [2.05, 4.69) is 10.0 Å². The standard InChI is InChI=1S/C24H31N3O4S/c1-16(2)15-25-23(28)21-9-6-12-27(21)24(29)19-7-5-8-20(14-19)26-32(30,31)22-11-10-17(3)13-18(22)4/h5,7-8,10-11,13-14,16,21,26H,6,9,12,15H2,1-4H3,(H,25,28). The Bertz CT molecular complexity index is 1110. The molecule has 2 N–H and O–H groups in total. The van der Waals surface area contributed by atoms with E-state index in [1.807, 2.05) is 26.8 Å². The number of nitrogens with zero attached hydrogens (tertiary/aromatic N) is 1. The first kappa shape index (κ1) is 23.8. The molecule has 1 aliphatic rings. The minimum absolute atomic E-state index is 0.142. The molecule has 0 aliphatic carbocycles. The second kappa shape index (κ2) is 9.73. The summed E-state index contributed by atoms with van der Waals surface area (Å²) in [6.07, 6.45) is 1.37. The van der Waals surface area contributed by atoms with Crippen LogP contribution in [0.15, 0.2) is 47.4 Å². The summed E-state index contributed by atoms with van der Waals surface area (Å²) in [5, 5.41) is 2.91. The summed E-state index contributed by atoms with van der Waals surface area (Å²) in [7, 11) is -3.80. The van der Waals surface area contributed by atoms with Gasteiger partial charge in [0.1, 0.15) is 6.04 Å². The first-order valence-corrected chi connectivity index (χ1v) is 12.4. The molecule has 0 bridgehead atoms. The maximum Gasteiger partial charge on any atom is 0.262 e. The van der Waals surface area contributed by atoms with Gasteiger partial charge in [-0.15, -0.1) is 0 Å². The lowest BCUT2D eigenvalue weighted by Gasteiger charge is -2.24. The number of likely N-dealkylation sites (tertiary alicyclic amines) is 1. The maximum absolute atomic E-state index is 13.1. The van der Waals surface area contributed by atoms with Crippen molar-refractivity contribution in [2.24, 2.45) is 5.92 Å². The molecule has 32 heavy (non-hydrogen) atoms. The number of hydrogen-bond acceptors (Lipinski definition) is 4. The summed E-state index contributed by atoms with van der Waals surface area (Å²) in [5.41, 5.74) is 2.27. The molecule has 3 rings (SSSR count). The molecule has 0 aromatic heterocycles. The third-order valence-corrected chi connectivity index (χ3v) is 7.02. The minimum atomic E-state index is -3.80. The Labute approximate surface area is 190 Å². The zero-order valence-electron chi connectivity index (χ0n) is 19.0. The Morgan fingerprint density at radius 2 is 1.88 bits per heavy atom. The Kier molecular flexibility index (Phi) is 7.23. The predicted octanol–water partition coefficient (Wildman–Crippen LogP) is 3.48. The number of carbonyl (C=O) groups excluding carboxylic acids is 2. The van der Waals surface area contributed by atoms with Crippen LogP contribution in [0.2, 0.25) is 0 Å². The Balaban J connectivity index is 1.78. The van der Waals surface area contributed by atoms with Crippen molar-refractivity contribution < 1.29 is 18.0 Å². The number of rotatable bonds is 7. The van der Waals surface area contributed by atoms with Crippen molar-refractivity contribution >= 4 is 27.5 Å². The maximum atomic E-state index is 13.1. The van der Waals surface area contributed by atoms with E-state index in [4.69, 9.17) is 0 Å². The number of anilines is 1. The highest BCUT2D eigenvalue weighted by atomic mass is 32.2. The molecule has 1 atom stereocenters. The lowest BCUT2D eigenvalue weighted by molar-refractivity contribution is -0.125. The monoisotopic (exact) mass is 457 g/mol. The zero-order valence-corrected chi connectivity index (χ0v) is 19.8. The second-order valence-electron chi connectivity index (χ2n) is 8.75. The molecule has 0 spiro atoms. The number of amides is 2. The zero-order chi connectivity index (χ0) is 23.5. The molecule has 172 valence electrons. The van der Waals surface area contributed by atoms with Crippen molar-refractivity contribution in [1.29, 1.82) is 0 Å². The molecular weight excluding hydrogens is 426 g/mol. The molecule has 1 heterocycles. The van der Waals surface area contributed by atoms with E-state index >= 15 is 0 Å². The van der Waals surface area contributed by atoms with E-state index in [-0.39, 0.29) is 16.7 Å². The third-order valence-electron chi connectivity index (χ3n) is 5.48. The summed E-state index contributed by atoms with van der Waals surface area (Å²) >= 11 is 0. The van der Waals surface area contributed by atoms with Gasteiger partial charge in [-0.3, -0.25) is 14.3 Å². The molecule has 7 nitrogen and oxygen atoms in total.